The second-order valence-electron chi connectivity index (χ2n) is 5.17. The van der Waals surface area contributed by atoms with Gasteiger partial charge in [-0.1, -0.05) is 31.2 Å². The number of benzene rings is 2. The van der Waals surface area contributed by atoms with Crippen LogP contribution in [0, 0.1) is 0 Å². The maximum absolute atomic E-state index is 13.1. The fourth-order valence-corrected chi connectivity index (χ4v) is 2.36. The fraction of sp³-hybridized carbons (Fsp3) is 0.278. The molecule has 122 valence electrons. The summed E-state index contributed by atoms with van der Waals surface area (Å²) < 4.78 is 44.7. The molecule has 0 amide bonds. The van der Waals surface area contributed by atoms with Gasteiger partial charge >= 0.3 is 6.18 Å². The van der Waals surface area contributed by atoms with Crippen molar-refractivity contribution in [2.75, 3.05) is 0 Å². The van der Waals surface area contributed by atoms with Crippen LogP contribution < -0.4 is 4.74 Å². The van der Waals surface area contributed by atoms with Gasteiger partial charge in [-0.05, 0) is 42.7 Å². The van der Waals surface area contributed by atoms with Crippen LogP contribution in [0.25, 0.3) is 0 Å². The fourth-order valence-electron chi connectivity index (χ4n) is 2.36. The number of ketones is 1. The largest absolute Gasteiger partial charge is 0.489 e. The van der Waals surface area contributed by atoms with Gasteiger partial charge in [0.05, 0.1) is 5.56 Å². The Morgan fingerprint density at radius 1 is 1.09 bits per heavy atom. The summed E-state index contributed by atoms with van der Waals surface area (Å²) in [5.41, 5.74) is 0.702. The van der Waals surface area contributed by atoms with E-state index < -0.39 is 17.5 Å². The van der Waals surface area contributed by atoms with Crippen molar-refractivity contribution in [2.45, 2.75) is 33.1 Å². The lowest BCUT2D eigenvalue weighted by molar-refractivity contribution is -0.138. The Bertz CT molecular complexity index is 706. The maximum Gasteiger partial charge on any atom is 0.417 e. The van der Waals surface area contributed by atoms with Gasteiger partial charge in [0.2, 0.25) is 0 Å². The molecule has 0 unspecified atom stereocenters. The van der Waals surface area contributed by atoms with E-state index in [-0.39, 0.29) is 17.9 Å². The topological polar surface area (TPSA) is 26.3 Å². The summed E-state index contributed by atoms with van der Waals surface area (Å²) in [7, 11) is 0. The molecule has 0 aromatic heterocycles. The molecule has 2 nitrogen and oxygen atoms in total. The minimum Gasteiger partial charge on any atom is -0.489 e. The van der Waals surface area contributed by atoms with Crippen molar-refractivity contribution in [3.05, 3.63) is 64.7 Å². The van der Waals surface area contributed by atoms with Gasteiger partial charge in [0.25, 0.3) is 0 Å². The van der Waals surface area contributed by atoms with Gasteiger partial charge in [-0.15, -0.1) is 0 Å². The zero-order valence-corrected chi connectivity index (χ0v) is 12.9. The van der Waals surface area contributed by atoms with Crippen LogP contribution in [-0.2, 0) is 19.2 Å². The van der Waals surface area contributed by atoms with Crippen LogP contribution in [0.2, 0.25) is 0 Å². The number of ether oxygens (including phenoxy) is 1. The first-order chi connectivity index (χ1) is 10.8. The summed E-state index contributed by atoms with van der Waals surface area (Å²) >= 11 is 0. The van der Waals surface area contributed by atoms with Crippen LogP contribution in [-0.4, -0.2) is 5.78 Å². The molecule has 0 radical (unpaired) electrons. The number of hydrogen-bond acceptors (Lipinski definition) is 2. The second-order valence-corrected chi connectivity index (χ2v) is 5.17. The molecule has 0 bridgehead atoms. The van der Waals surface area contributed by atoms with E-state index >= 15 is 0 Å². The molecule has 2 aromatic rings. The summed E-state index contributed by atoms with van der Waals surface area (Å²) in [4.78, 5) is 11.3. The average molecular weight is 322 g/mol. The van der Waals surface area contributed by atoms with Crippen LogP contribution in [0.1, 0.15) is 40.9 Å². The summed E-state index contributed by atoms with van der Waals surface area (Å²) in [5.74, 6) is -0.534. The predicted octanol–water partition coefficient (Wildman–Crippen LogP) is 5.05. The van der Waals surface area contributed by atoms with E-state index in [1.54, 1.807) is 0 Å². The summed E-state index contributed by atoms with van der Waals surface area (Å²) in [5, 5.41) is 0. The SMILES string of the molecule is CCc1ccccc1COc1ccc(C(C)=O)c(C(F)(F)F)c1. The van der Waals surface area contributed by atoms with Gasteiger partial charge in [-0.3, -0.25) is 4.79 Å². The first-order valence-electron chi connectivity index (χ1n) is 7.24. The van der Waals surface area contributed by atoms with Crippen LogP contribution in [0.4, 0.5) is 13.2 Å². The van der Waals surface area contributed by atoms with E-state index in [0.717, 1.165) is 36.6 Å². The number of alkyl halides is 3. The lowest BCUT2D eigenvalue weighted by Crippen LogP contribution is -2.12. The number of halogens is 3. The lowest BCUT2D eigenvalue weighted by atomic mass is 10.0. The van der Waals surface area contributed by atoms with E-state index in [1.165, 1.54) is 6.07 Å². The highest BCUT2D eigenvalue weighted by Crippen LogP contribution is 2.34. The molecule has 0 spiro atoms. The first kappa shape index (κ1) is 17.1. The van der Waals surface area contributed by atoms with Gasteiger partial charge in [0.1, 0.15) is 12.4 Å². The van der Waals surface area contributed by atoms with Gasteiger partial charge in [0, 0.05) is 5.56 Å². The molecule has 2 rings (SSSR count). The van der Waals surface area contributed by atoms with Crippen molar-refractivity contribution in [1.82, 2.24) is 0 Å². The van der Waals surface area contributed by atoms with E-state index in [1.807, 2.05) is 31.2 Å². The minimum atomic E-state index is -4.60. The van der Waals surface area contributed by atoms with Crippen LogP contribution in [0.15, 0.2) is 42.5 Å². The summed E-state index contributed by atoms with van der Waals surface area (Å²) in [6.45, 7) is 3.30. The second kappa shape index (κ2) is 6.86. The quantitative estimate of drug-likeness (QED) is 0.720. The van der Waals surface area contributed by atoms with Crippen LogP contribution in [0.5, 0.6) is 5.75 Å². The molecule has 2 aromatic carbocycles. The minimum absolute atomic E-state index is 0.0910. The van der Waals surface area contributed by atoms with Gasteiger partial charge in [0.15, 0.2) is 5.78 Å². The highest BCUT2D eigenvalue weighted by molar-refractivity contribution is 5.95. The number of hydrogen-bond donors (Lipinski definition) is 0. The third-order valence-electron chi connectivity index (χ3n) is 3.57. The summed E-state index contributed by atoms with van der Waals surface area (Å²) in [6.07, 6.45) is -3.78. The molecule has 0 aliphatic carbocycles. The van der Waals surface area contributed by atoms with Crippen molar-refractivity contribution >= 4 is 5.78 Å². The lowest BCUT2D eigenvalue weighted by Gasteiger charge is -2.14. The van der Waals surface area contributed by atoms with Crippen molar-refractivity contribution in [1.29, 1.82) is 0 Å². The van der Waals surface area contributed by atoms with Crippen molar-refractivity contribution in [2.24, 2.45) is 0 Å². The van der Waals surface area contributed by atoms with Crippen LogP contribution >= 0.6 is 0 Å². The Balaban J connectivity index is 2.26. The predicted molar refractivity (Wildman–Crippen MR) is 81.6 cm³/mol. The number of carbonyl (C=O) groups excluding carboxylic acids is 1. The van der Waals surface area contributed by atoms with E-state index in [0.29, 0.717) is 0 Å². The van der Waals surface area contributed by atoms with Gasteiger partial charge < -0.3 is 4.74 Å². The maximum atomic E-state index is 13.1. The number of rotatable bonds is 5. The van der Waals surface area contributed by atoms with Crippen LogP contribution in [0.3, 0.4) is 0 Å². The molecular formula is C18H17F3O2. The number of Topliss-reactive ketones (excluding diaryl/α,β-unsaturated/α-hetero) is 1. The Labute approximate surface area is 132 Å². The Morgan fingerprint density at radius 2 is 1.74 bits per heavy atom. The molecule has 0 saturated carbocycles. The van der Waals surface area contributed by atoms with Gasteiger partial charge in [-0.2, -0.15) is 13.2 Å². The van der Waals surface area contributed by atoms with E-state index in [2.05, 4.69) is 0 Å². The molecule has 0 fully saturated rings. The molecule has 0 aliphatic rings. The molecule has 0 atom stereocenters. The number of aryl methyl sites for hydroxylation is 1. The highest BCUT2D eigenvalue weighted by atomic mass is 19.4. The molecule has 0 heterocycles. The van der Waals surface area contributed by atoms with E-state index in [4.69, 9.17) is 4.74 Å². The molecule has 0 aliphatic heterocycles. The molecule has 5 heteroatoms. The smallest absolute Gasteiger partial charge is 0.417 e. The Morgan fingerprint density at radius 3 is 2.30 bits per heavy atom. The van der Waals surface area contributed by atoms with Crippen molar-refractivity contribution < 1.29 is 22.7 Å². The normalized spacial score (nSPS) is 11.3. The standard InChI is InChI=1S/C18H17F3O2/c1-3-13-6-4-5-7-14(13)11-23-15-8-9-16(12(2)22)17(10-15)18(19,20)21/h4-10H,3,11H2,1-2H3. The Kier molecular flexibility index (Phi) is 5.08. The summed E-state index contributed by atoms with van der Waals surface area (Å²) in [6, 6.07) is 11.0. The number of carbonyl (C=O) groups is 1. The van der Waals surface area contributed by atoms with Crippen molar-refractivity contribution in [3.63, 3.8) is 0 Å². The third-order valence-corrected chi connectivity index (χ3v) is 3.57. The third kappa shape index (κ3) is 4.12. The molecule has 0 N–H and O–H groups in total. The van der Waals surface area contributed by atoms with E-state index in [9.17, 15) is 18.0 Å². The first-order valence-corrected chi connectivity index (χ1v) is 7.24. The molecule has 23 heavy (non-hydrogen) atoms. The van der Waals surface area contributed by atoms with Gasteiger partial charge in [-0.25, -0.2) is 0 Å². The highest BCUT2D eigenvalue weighted by Gasteiger charge is 2.34. The molecule has 0 saturated heterocycles. The zero-order valence-electron chi connectivity index (χ0n) is 12.9. The monoisotopic (exact) mass is 322 g/mol. The average Bonchev–Trinajstić information content (AvgIpc) is 2.52. The van der Waals surface area contributed by atoms with Crippen molar-refractivity contribution in [3.8, 4) is 5.75 Å². The molecular weight excluding hydrogens is 305 g/mol. The Hall–Kier alpha value is -2.30. The zero-order chi connectivity index (χ0) is 17.0.